The number of benzene rings is 1. The average Bonchev–Trinajstić information content (AvgIpc) is 2.86. The molecule has 1 amide bonds. The molecule has 2 aromatic rings. The van der Waals surface area contributed by atoms with Gasteiger partial charge < -0.3 is 9.73 Å². The van der Waals surface area contributed by atoms with E-state index in [9.17, 15) is 4.79 Å². The summed E-state index contributed by atoms with van der Waals surface area (Å²) in [5.74, 6) is 0.435. The van der Waals surface area contributed by atoms with E-state index < -0.39 is 0 Å². The molecule has 0 aliphatic heterocycles. The van der Waals surface area contributed by atoms with Gasteiger partial charge in [-0.25, -0.2) is 4.98 Å². The molecule has 1 aromatic carbocycles. The van der Waals surface area contributed by atoms with E-state index in [0.29, 0.717) is 18.1 Å². The summed E-state index contributed by atoms with van der Waals surface area (Å²) < 4.78 is 5.34. The number of nitrogens with zero attached hydrogens (tertiary/aromatic N) is 1. The first-order chi connectivity index (χ1) is 8.79. The molecule has 0 saturated carbocycles. The van der Waals surface area contributed by atoms with Gasteiger partial charge in [-0.15, -0.1) is 6.58 Å². The number of hydrogen-bond acceptors (Lipinski definition) is 3. The lowest BCUT2D eigenvalue weighted by Gasteiger charge is -1.98. The third-order valence-corrected chi connectivity index (χ3v) is 2.36. The predicted molar refractivity (Wildman–Crippen MR) is 68.8 cm³/mol. The van der Waals surface area contributed by atoms with Crippen molar-refractivity contribution in [3.8, 4) is 11.5 Å². The van der Waals surface area contributed by atoms with Gasteiger partial charge in [-0.1, -0.05) is 24.3 Å². The maximum atomic E-state index is 11.5. The molecule has 1 N–H and O–H groups in total. The summed E-state index contributed by atoms with van der Waals surface area (Å²) in [7, 11) is 0. The molecule has 0 atom stereocenters. The average molecular weight is 242 g/mol. The molecule has 0 unspecified atom stereocenters. The SMILES string of the molecule is C=CCNC(=O)Cc1coc(-c2ccccc2)n1. The van der Waals surface area contributed by atoms with Crippen LogP contribution in [0.5, 0.6) is 0 Å². The highest BCUT2D eigenvalue weighted by atomic mass is 16.3. The van der Waals surface area contributed by atoms with E-state index in [1.165, 1.54) is 6.26 Å². The molecular weight excluding hydrogens is 228 g/mol. The van der Waals surface area contributed by atoms with Gasteiger partial charge in [0.15, 0.2) is 0 Å². The van der Waals surface area contributed by atoms with Crippen LogP contribution in [0.1, 0.15) is 5.69 Å². The van der Waals surface area contributed by atoms with Crippen molar-refractivity contribution in [1.82, 2.24) is 10.3 Å². The van der Waals surface area contributed by atoms with Crippen LogP contribution in [0, 0.1) is 0 Å². The van der Waals surface area contributed by atoms with Crippen molar-refractivity contribution in [1.29, 1.82) is 0 Å². The maximum absolute atomic E-state index is 11.5. The molecule has 4 heteroatoms. The van der Waals surface area contributed by atoms with Crippen molar-refractivity contribution in [3.05, 3.63) is 54.9 Å². The third-order valence-electron chi connectivity index (χ3n) is 2.36. The number of hydrogen-bond donors (Lipinski definition) is 1. The highest BCUT2D eigenvalue weighted by Crippen LogP contribution is 2.17. The van der Waals surface area contributed by atoms with Crippen LogP contribution in [0.25, 0.3) is 11.5 Å². The molecule has 0 radical (unpaired) electrons. The molecule has 4 nitrogen and oxygen atoms in total. The van der Waals surface area contributed by atoms with Crippen molar-refractivity contribution in [3.63, 3.8) is 0 Å². The van der Waals surface area contributed by atoms with Crippen LogP contribution in [0.2, 0.25) is 0 Å². The van der Waals surface area contributed by atoms with Gasteiger partial charge in [0.1, 0.15) is 6.26 Å². The molecule has 0 aliphatic carbocycles. The van der Waals surface area contributed by atoms with Crippen molar-refractivity contribution in [2.75, 3.05) is 6.54 Å². The van der Waals surface area contributed by atoms with Crippen LogP contribution in [-0.2, 0) is 11.2 Å². The van der Waals surface area contributed by atoms with Gasteiger partial charge in [0.2, 0.25) is 11.8 Å². The Bertz CT molecular complexity index is 532. The summed E-state index contributed by atoms with van der Waals surface area (Å²) in [6, 6.07) is 9.57. The molecule has 0 saturated heterocycles. The van der Waals surface area contributed by atoms with Crippen LogP contribution in [0.3, 0.4) is 0 Å². The standard InChI is InChI=1S/C14H14N2O2/c1-2-8-15-13(17)9-12-10-18-14(16-12)11-6-4-3-5-7-11/h2-7,10H,1,8-9H2,(H,15,17). The Morgan fingerprint density at radius 3 is 2.89 bits per heavy atom. The number of aromatic nitrogens is 1. The van der Waals surface area contributed by atoms with Gasteiger partial charge >= 0.3 is 0 Å². The fraction of sp³-hybridized carbons (Fsp3) is 0.143. The normalized spacial score (nSPS) is 10.0. The molecule has 1 aromatic heterocycles. The van der Waals surface area contributed by atoms with Crippen LogP contribution in [-0.4, -0.2) is 17.4 Å². The lowest BCUT2D eigenvalue weighted by Crippen LogP contribution is -2.25. The van der Waals surface area contributed by atoms with Gasteiger partial charge in [0.25, 0.3) is 0 Å². The van der Waals surface area contributed by atoms with E-state index in [1.807, 2.05) is 30.3 Å². The molecule has 0 spiro atoms. The minimum Gasteiger partial charge on any atom is -0.444 e. The van der Waals surface area contributed by atoms with E-state index in [1.54, 1.807) is 6.08 Å². The van der Waals surface area contributed by atoms with Crippen molar-refractivity contribution in [2.24, 2.45) is 0 Å². The first kappa shape index (κ1) is 12.1. The van der Waals surface area contributed by atoms with Crippen LogP contribution in [0.4, 0.5) is 0 Å². The lowest BCUT2D eigenvalue weighted by atomic mass is 10.2. The Labute approximate surface area is 105 Å². The van der Waals surface area contributed by atoms with E-state index in [0.717, 1.165) is 5.56 Å². The van der Waals surface area contributed by atoms with Gasteiger partial charge in [-0.2, -0.15) is 0 Å². The number of carbonyl (C=O) groups is 1. The molecule has 92 valence electrons. The summed E-state index contributed by atoms with van der Waals surface area (Å²) in [5.41, 5.74) is 1.52. The highest BCUT2D eigenvalue weighted by Gasteiger charge is 2.09. The Balaban J connectivity index is 2.02. The number of oxazole rings is 1. The van der Waals surface area contributed by atoms with Crippen LogP contribution >= 0.6 is 0 Å². The predicted octanol–water partition coefficient (Wildman–Crippen LogP) is 2.19. The second-order valence-electron chi connectivity index (χ2n) is 3.78. The minimum absolute atomic E-state index is 0.0946. The van der Waals surface area contributed by atoms with E-state index in [2.05, 4.69) is 16.9 Å². The van der Waals surface area contributed by atoms with Crippen molar-refractivity contribution >= 4 is 5.91 Å². The van der Waals surface area contributed by atoms with E-state index in [4.69, 9.17) is 4.42 Å². The summed E-state index contributed by atoms with van der Waals surface area (Å²) in [5, 5.41) is 2.69. The quantitative estimate of drug-likeness (QED) is 0.818. The number of amides is 1. The van der Waals surface area contributed by atoms with Gasteiger partial charge in [0.05, 0.1) is 12.1 Å². The fourth-order valence-corrected chi connectivity index (χ4v) is 1.51. The smallest absolute Gasteiger partial charge is 0.226 e. The maximum Gasteiger partial charge on any atom is 0.226 e. The molecule has 0 aliphatic rings. The lowest BCUT2D eigenvalue weighted by molar-refractivity contribution is -0.120. The summed E-state index contributed by atoms with van der Waals surface area (Å²) in [6.45, 7) is 4.00. The summed E-state index contributed by atoms with van der Waals surface area (Å²) >= 11 is 0. The first-order valence-corrected chi connectivity index (χ1v) is 5.67. The number of nitrogens with one attached hydrogen (secondary N) is 1. The van der Waals surface area contributed by atoms with Crippen LogP contribution in [0.15, 0.2) is 53.7 Å². The topological polar surface area (TPSA) is 55.1 Å². The van der Waals surface area contributed by atoms with Crippen LogP contribution < -0.4 is 5.32 Å². The molecular formula is C14H14N2O2. The summed E-state index contributed by atoms with van der Waals surface area (Å²) in [4.78, 5) is 15.8. The summed E-state index contributed by atoms with van der Waals surface area (Å²) in [6.07, 6.45) is 3.36. The Hall–Kier alpha value is -2.36. The Morgan fingerprint density at radius 1 is 1.39 bits per heavy atom. The second-order valence-corrected chi connectivity index (χ2v) is 3.78. The Kier molecular flexibility index (Phi) is 3.91. The molecule has 0 bridgehead atoms. The first-order valence-electron chi connectivity index (χ1n) is 5.67. The van der Waals surface area contributed by atoms with Gasteiger partial charge in [0, 0.05) is 12.1 Å². The molecule has 0 fully saturated rings. The highest BCUT2D eigenvalue weighted by molar-refractivity contribution is 5.78. The second kappa shape index (κ2) is 5.82. The van der Waals surface area contributed by atoms with Gasteiger partial charge in [-0.3, -0.25) is 4.79 Å². The largest absolute Gasteiger partial charge is 0.444 e. The van der Waals surface area contributed by atoms with E-state index in [-0.39, 0.29) is 12.3 Å². The fourth-order valence-electron chi connectivity index (χ4n) is 1.51. The van der Waals surface area contributed by atoms with Crippen molar-refractivity contribution in [2.45, 2.75) is 6.42 Å². The number of carbonyl (C=O) groups excluding carboxylic acids is 1. The van der Waals surface area contributed by atoms with Gasteiger partial charge in [-0.05, 0) is 12.1 Å². The molecule has 18 heavy (non-hydrogen) atoms. The zero-order valence-corrected chi connectivity index (χ0v) is 9.93. The van der Waals surface area contributed by atoms with Crippen molar-refractivity contribution < 1.29 is 9.21 Å². The minimum atomic E-state index is -0.0946. The van der Waals surface area contributed by atoms with E-state index >= 15 is 0 Å². The zero-order chi connectivity index (χ0) is 12.8. The zero-order valence-electron chi connectivity index (χ0n) is 9.93. The third kappa shape index (κ3) is 3.07. The molecule has 2 rings (SSSR count). The number of rotatable bonds is 5. The molecule has 1 heterocycles. The monoisotopic (exact) mass is 242 g/mol. The Morgan fingerprint density at radius 2 is 2.17 bits per heavy atom.